The second-order valence-corrected chi connectivity index (χ2v) is 3.89. The Balaban J connectivity index is 2.57. The van der Waals surface area contributed by atoms with Gasteiger partial charge in [-0.15, -0.1) is 12.3 Å². The molecule has 1 rings (SSSR count). The molecule has 0 aromatic heterocycles. The van der Waals surface area contributed by atoms with Crippen LogP contribution < -0.4 is 0 Å². The third-order valence-electron chi connectivity index (χ3n) is 2.20. The van der Waals surface area contributed by atoms with Gasteiger partial charge in [0.25, 0.3) is 0 Å². The Kier molecular flexibility index (Phi) is 5.01. The first-order chi connectivity index (χ1) is 7.65. The normalized spacial score (nSPS) is 9.81. The van der Waals surface area contributed by atoms with Gasteiger partial charge in [-0.3, -0.25) is 4.79 Å². The van der Waals surface area contributed by atoms with E-state index in [0.29, 0.717) is 24.8 Å². The monoisotopic (exact) mass is 238 g/mol. The van der Waals surface area contributed by atoms with Gasteiger partial charge in [-0.1, -0.05) is 23.7 Å². The number of ketones is 1. The maximum absolute atomic E-state index is 13.4. The molecule has 0 heterocycles. The van der Waals surface area contributed by atoms with Crippen molar-refractivity contribution >= 4 is 17.4 Å². The van der Waals surface area contributed by atoms with Gasteiger partial charge in [0.2, 0.25) is 0 Å². The first-order valence-electron chi connectivity index (χ1n) is 5.03. The molecule has 0 saturated carbocycles. The second kappa shape index (κ2) is 6.30. The number of hydrogen-bond acceptors (Lipinski definition) is 1. The summed E-state index contributed by atoms with van der Waals surface area (Å²) >= 11 is 5.61. The minimum Gasteiger partial charge on any atom is -0.299 e. The molecule has 16 heavy (non-hydrogen) atoms. The highest BCUT2D eigenvalue weighted by atomic mass is 35.5. The quantitative estimate of drug-likeness (QED) is 0.568. The van der Waals surface area contributed by atoms with Crippen LogP contribution in [0.15, 0.2) is 18.2 Å². The molecule has 0 N–H and O–H groups in total. The Bertz CT molecular complexity index is 420. The highest BCUT2D eigenvalue weighted by molar-refractivity contribution is 6.30. The fourth-order valence-electron chi connectivity index (χ4n) is 1.37. The van der Waals surface area contributed by atoms with Crippen molar-refractivity contribution in [1.29, 1.82) is 0 Å². The number of halogens is 2. The van der Waals surface area contributed by atoms with E-state index in [9.17, 15) is 9.18 Å². The standard InChI is InChI=1S/C13H12ClFO/c1-2-3-4-7-11(16)9-10-6-5-8-12(14)13(10)15/h1,5-6,8H,3-4,7,9H2. The molecular formula is C13H12ClFO. The Hall–Kier alpha value is -1.33. The molecule has 1 nitrogen and oxygen atoms in total. The number of unbranched alkanes of at least 4 members (excludes halogenated alkanes) is 1. The molecular weight excluding hydrogens is 227 g/mol. The molecule has 0 saturated heterocycles. The van der Waals surface area contributed by atoms with Crippen molar-refractivity contribution in [3.63, 3.8) is 0 Å². The number of terminal acetylenes is 1. The van der Waals surface area contributed by atoms with Crippen molar-refractivity contribution in [3.05, 3.63) is 34.6 Å². The van der Waals surface area contributed by atoms with Gasteiger partial charge >= 0.3 is 0 Å². The summed E-state index contributed by atoms with van der Waals surface area (Å²) in [5.74, 6) is 1.94. The maximum Gasteiger partial charge on any atom is 0.145 e. The summed E-state index contributed by atoms with van der Waals surface area (Å²) in [6, 6.07) is 4.67. The molecule has 0 aliphatic heterocycles. The summed E-state index contributed by atoms with van der Waals surface area (Å²) in [5.41, 5.74) is 0.346. The Morgan fingerprint density at radius 1 is 1.50 bits per heavy atom. The van der Waals surface area contributed by atoms with E-state index in [4.69, 9.17) is 18.0 Å². The van der Waals surface area contributed by atoms with Crippen molar-refractivity contribution in [2.24, 2.45) is 0 Å². The van der Waals surface area contributed by atoms with Gasteiger partial charge in [0.1, 0.15) is 11.6 Å². The Labute approximate surface area is 99.6 Å². The van der Waals surface area contributed by atoms with Crippen LogP contribution in [0, 0.1) is 18.2 Å². The summed E-state index contributed by atoms with van der Waals surface area (Å²) in [6.07, 6.45) is 6.76. The zero-order valence-electron chi connectivity index (χ0n) is 8.80. The molecule has 1 aromatic rings. The molecule has 0 aliphatic carbocycles. The lowest BCUT2D eigenvalue weighted by molar-refractivity contribution is -0.118. The van der Waals surface area contributed by atoms with Gasteiger partial charge in [-0.2, -0.15) is 0 Å². The van der Waals surface area contributed by atoms with Gasteiger partial charge in [0.15, 0.2) is 0 Å². The number of rotatable bonds is 5. The van der Waals surface area contributed by atoms with E-state index in [1.54, 1.807) is 12.1 Å². The van der Waals surface area contributed by atoms with Crippen LogP contribution in [0.4, 0.5) is 4.39 Å². The Morgan fingerprint density at radius 3 is 2.94 bits per heavy atom. The van der Waals surface area contributed by atoms with Crippen LogP contribution in [-0.2, 0) is 11.2 Å². The summed E-state index contributed by atoms with van der Waals surface area (Å²) in [7, 11) is 0. The molecule has 84 valence electrons. The van der Waals surface area contributed by atoms with E-state index in [1.807, 2.05) is 0 Å². The lowest BCUT2D eigenvalue weighted by Crippen LogP contribution is -2.04. The highest BCUT2D eigenvalue weighted by Crippen LogP contribution is 2.18. The molecule has 3 heteroatoms. The van der Waals surface area contributed by atoms with E-state index in [0.717, 1.165) is 0 Å². The van der Waals surface area contributed by atoms with E-state index in [1.165, 1.54) is 6.07 Å². The number of carbonyl (C=O) groups excluding carboxylic acids is 1. The van der Waals surface area contributed by atoms with E-state index in [-0.39, 0.29) is 17.2 Å². The van der Waals surface area contributed by atoms with Gasteiger partial charge < -0.3 is 0 Å². The predicted molar refractivity (Wildman–Crippen MR) is 62.8 cm³/mol. The van der Waals surface area contributed by atoms with Crippen LogP contribution in [-0.4, -0.2) is 5.78 Å². The van der Waals surface area contributed by atoms with E-state index >= 15 is 0 Å². The molecule has 0 unspecified atom stereocenters. The first kappa shape index (κ1) is 12.7. The third-order valence-corrected chi connectivity index (χ3v) is 2.49. The van der Waals surface area contributed by atoms with Gasteiger partial charge in [0.05, 0.1) is 5.02 Å². The molecule has 0 spiro atoms. The molecule has 1 aromatic carbocycles. The van der Waals surface area contributed by atoms with E-state index in [2.05, 4.69) is 5.92 Å². The third kappa shape index (κ3) is 3.67. The smallest absolute Gasteiger partial charge is 0.145 e. The topological polar surface area (TPSA) is 17.1 Å². The van der Waals surface area contributed by atoms with Crippen LogP contribution in [0.1, 0.15) is 24.8 Å². The molecule has 0 aliphatic rings. The zero-order valence-corrected chi connectivity index (χ0v) is 9.56. The molecule has 0 atom stereocenters. The summed E-state index contributed by atoms with van der Waals surface area (Å²) in [6.45, 7) is 0. The van der Waals surface area contributed by atoms with Crippen molar-refractivity contribution in [1.82, 2.24) is 0 Å². The number of hydrogen-bond donors (Lipinski definition) is 0. The number of Topliss-reactive ketones (excluding diaryl/α,β-unsaturated/α-hetero) is 1. The second-order valence-electron chi connectivity index (χ2n) is 3.49. The van der Waals surface area contributed by atoms with Crippen LogP contribution in [0.5, 0.6) is 0 Å². The largest absolute Gasteiger partial charge is 0.299 e. The number of carbonyl (C=O) groups is 1. The van der Waals surface area contributed by atoms with Gasteiger partial charge in [0, 0.05) is 19.3 Å². The fraction of sp³-hybridized carbons (Fsp3) is 0.308. The van der Waals surface area contributed by atoms with Gasteiger partial charge in [-0.05, 0) is 18.1 Å². The summed E-state index contributed by atoms with van der Waals surface area (Å²) < 4.78 is 13.4. The van der Waals surface area contributed by atoms with Crippen LogP contribution in [0.25, 0.3) is 0 Å². The van der Waals surface area contributed by atoms with Crippen molar-refractivity contribution in [3.8, 4) is 12.3 Å². The van der Waals surface area contributed by atoms with Crippen molar-refractivity contribution in [2.75, 3.05) is 0 Å². The van der Waals surface area contributed by atoms with Crippen molar-refractivity contribution in [2.45, 2.75) is 25.7 Å². The van der Waals surface area contributed by atoms with Gasteiger partial charge in [-0.25, -0.2) is 4.39 Å². The molecule has 0 amide bonds. The first-order valence-corrected chi connectivity index (χ1v) is 5.41. The zero-order chi connectivity index (χ0) is 12.0. The molecule has 0 radical (unpaired) electrons. The van der Waals surface area contributed by atoms with Crippen LogP contribution >= 0.6 is 11.6 Å². The maximum atomic E-state index is 13.4. The summed E-state index contributed by atoms with van der Waals surface area (Å²) in [5, 5.41) is 0.0499. The number of benzene rings is 1. The molecule has 0 fully saturated rings. The molecule has 0 bridgehead atoms. The Morgan fingerprint density at radius 2 is 2.25 bits per heavy atom. The average molecular weight is 239 g/mol. The fourth-order valence-corrected chi connectivity index (χ4v) is 1.57. The minimum absolute atomic E-state index is 0.0172. The predicted octanol–water partition coefficient (Wildman–Crippen LogP) is 3.39. The average Bonchev–Trinajstić information content (AvgIpc) is 2.25. The minimum atomic E-state index is -0.505. The summed E-state index contributed by atoms with van der Waals surface area (Å²) in [4.78, 5) is 11.5. The van der Waals surface area contributed by atoms with Crippen molar-refractivity contribution < 1.29 is 9.18 Å². The van der Waals surface area contributed by atoms with Crippen LogP contribution in [0.2, 0.25) is 5.02 Å². The van der Waals surface area contributed by atoms with Crippen LogP contribution in [0.3, 0.4) is 0 Å². The highest BCUT2D eigenvalue weighted by Gasteiger charge is 2.10. The lowest BCUT2D eigenvalue weighted by atomic mass is 10.0. The lowest BCUT2D eigenvalue weighted by Gasteiger charge is -2.03. The van der Waals surface area contributed by atoms with E-state index < -0.39 is 5.82 Å². The SMILES string of the molecule is C#CCCCC(=O)Cc1cccc(Cl)c1F.